The minimum Gasteiger partial charge on any atom is -0.466 e. The molecule has 58 heavy (non-hydrogen) atoms. The molecule has 0 spiro atoms. The monoisotopic (exact) mass is 813 g/mol. The predicted molar refractivity (Wildman–Crippen MR) is 244 cm³/mol. The van der Waals surface area contributed by atoms with Crippen molar-refractivity contribution in [3.63, 3.8) is 0 Å². The van der Waals surface area contributed by atoms with E-state index in [1.165, 1.54) is 166 Å². The van der Waals surface area contributed by atoms with Gasteiger partial charge < -0.3 is 9.47 Å². The van der Waals surface area contributed by atoms with Crippen molar-refractivity contribution < 1.29 is 28.7 Å². The maximum atomic E-state index is 13.3. The van der Waals surface area contributed by atoms with Crippen LogP contribution in [0.25, 0.3) is 0 Å². The fourth-order valence-electron chi connectivity index (χ4n) is 8.35. The Morgan fingerprint density at radius 1 is 0.397 bits per heavy atom. The third-order valence-corrected chi connectivity index (χ3v) is 12.4. The van der Waals surface area contributed by atoms with E-state index < -0.39 is 10.8 Å². The second kappa shape index (κ2) is 34.5. The summed E-state index contributed by atoms with van der Waals surface area (Å²) in [6.45, 7) is 13.4. The van der Waals surface area contributed by atoms with Crippen molar-refractivity contribution in [1.29, 1.82) is 0 Å². The first-order valence-corrected chi connectivity index (χ1v) is 24.8. The number of rotatable bonds is 40. The molecule has 1 aliphatic rings. The Morgan fingerprint density at radius 2 is 0.638 bits per heavy atom. The minimum atomic E-state index is -0.537. The van der Waals surface area contributed by atoms with E-state index in [1.54, 1.807) is 0 Å². The zero-order valence-corrected chi connectivity index (χ0v) is 39.1. The highest BCUT2D eigenvalue weighted by molar-refractivity contribution is 6.20. The van der Waals surface area contributed by atoms with Crippen LogP contribution in [0.3, 0.4) is 0 Å². The van der Waals surface area contributed by atoms with E-state index in [4.69, 9.17) is 9.47 Å². The Hall–Kier alpha value is -2.24. The lowest BCUT2D eigenvalue weighted by atomic mass is 9.70. The standard InChI is InChI=1S/C52H92O6/c1-7-9-11-13-15-17-19-21-23-25-27-29-31-33-41-57-49(55)37-35-39-51(3,4)45-43-48(54)46(44-47(45)53)52(5,6)40-36-38-50(56)58-42-34-32-30-28-26-24-22-20-18-16-14-12-10-8-2/h43-44H,7-42H2,1-6H3. The highest BCUT2D eigenvalue weighted by Gasteiger charge is 2.36. The average molecular weight is 813 g/mol. The molecule has 0 bridgehead atoms. The first-order valence-electron chi connectivity index (χ1n) is 24.8. The number of unbranched alkanes of at least 4 members (excludes halogenated alkanes) is 26. The minimum absolute atomic E-state index is 0.138. The van der Waals surface area contributed by atoms with Gasteiger partial charge in [0.25, 0.3) is 0 Å². The molecule has 0 fully saturated rings. The molecule has 0 saturated heterocycles. The molecule has 0 N–H and O–H groups in total. The molecule has 0 atom stereocenters. The van der Waals surface area contributed by atoms with Crippen molar-refractivity contribution in [3.05, 3.63) is 23.3 Å². The Bertz CT molecular complexity index is 1070. The zero-order chi connectivity index (χ0) is 42.7. The summed E-state index contributed by atoms with van der Waals surface area (Å²) in [5, 5.41) is 0. The quantitative estimate of drug-likeness (QED) is 0.0348. The fraction of sp³-hybridized carbons (Fsp3) is 0.846. The van der Waals surface area contributed by atoms with Crippen LogP contribution >= 0.6 is 0 Å². The summed E-state index contributed by atoms with van der Waals surface area (Å²) in [6.07, 6.45) is 42.4. The van der Waals surface area contributed by atoms with Crippen LogP contribution in [-0.2, 0) is 28.7 Å². The molecule has 0 aromatic heterocycles. The first-order chi connectivity index (χ1) is 27.9. The summed E-state index contributed by atoms with van der Waals surface area (Å²) in [4.78, 5) is 51.5. The zero-order valence-electron chi connectivity index (χ0n) is 39.1. The van der Waals surface area contributed by atoms with Crippen molar-refractivity contribution in [2.24, 2.45) is 10.8 Å². The fourth-order valence-corrected chi connectivity index (χ4v) is 8.35. The van der Waals surface area contributed by atoms with Crippen LogP contribution in [0.2, 0.25) is 0 Å². The van der Waals surface area contributed by atoms with Crippen LogP contribution in [0, 0.1) is 10.8 Å². The topological polar surface area (TPSA) is 86.7 Å². The number of ether oxygens (including phenoxy) is 2. The summed E-state index contributed by atoms with van der Waals surface area (Å²) in [5.41, 5.74) is -0.0745. The van der Waals surface area contributed by atoms with E-state index in [-0.39, 0.29) is 23.5 Å². The van der Waals surface area contributed by atoms with Crippen molar-refractivity contribution in [2.45, 2.75) is 260 Å². The summed E-state index contributed by atoms with van der Waals surface area (Å²) in [5.74, 6) is -0.650. The Kier molecular flexibility index (Phi) is 32.0. The molecular weight excluding hydrogens is 721 g/mol. The van der Waals surface area contributed by atoms with Crippen LogP contribution in [0.1, 0.15) is 260 Å². The van der Waals surface area contributed by atoms with Gasteiger partial charge in [0.1, 0.15) is 0 Å². The molecule has 0 unspecified atom stereocenters. The van der Waals surface area contributed by atoms with Gasteiger partial charge in [-0.25, -0.2) is 0 Å². The van der Waals surface area contributed by atoms with E-state index in [1.807, 2.05) is 27.7 Å². The molecule has 0 aromatic carbocycles. The van der Waals surface area contributed by atoms with Crippen LogP contribution < -0.4 is 0 Å². The molecule has 0 aromatic rings. The van der Waals surface area contributed by atoms with Gasteiger partial charge in [-0.1, -0.05) is 208 Å². The normalized spacial score (nSPS) is 13.5. The van der Waals surface area contributed by atoms with Gasteiger partial charge in [0.15, 0.2) is 11.6 Å². The van der Waals surface area contributed by atoms with Crippen molar-refractivity contribution in [2.75, 3.05) is 13.2 Å². The summed E-state index contributed by atoms with van der Waals surface area (Å²) < 4.78 is 11.0. The van der Waals surface area contributed by atoms with Crippen molar-refractivity contribution in [1.82, 2.24) is 0 Å². The van der Waals surface area contributed by atoms with E-state index in [0.717, 1.165) is 25.7 Å². The molecule has 0 saturated carbocycles. The molecule has 0 amide bonds. The van der Waals surface area contributed by atoms with Gasteiger partial charge in [0.05, 0.1) is 13.2 Å². The highest BCUT2D eigenvalue weighted by atomic mass is 16.5. The van der Waals surface area contributed by atoms with Crippen LogP contribution in [0.15, 0.2) is 23.3 Å². The average Bonchev–Trinajstić information content (AvgIpc) is 3.18. The molecular formula is C52H92O6. The Labute approximate surface area is 358 Å². The van der Waals surface area contributed by atoms with Gasteiger partial charge >= 0.3 is 11.9 Å². The number of allylic oxidation sites excluding steroid dienone is 4. The molecule has 336 valence electrons. The summed E-state index contributed by atoms with van der Waals surface area (Å²) in [6, 6.07) is 0. The molecule has 0 radical (unpaired) electrons. The van der Waals surface area contributed by atoms with Crippen LogP contribution in [0.5, 0.6) is 0 Å². The lowest BCUT2D eigenvalue weighted by Crippen LogP contribution is -2.30. The molecule has 1 aliphatic carbocycles. The number of hydrogen-bond donors (Lipinski definition) is 0. The lowest BCUT2D eigenvalue weighted by molar-refractivity contribution is -0.144. The van der Waals surface area contributed by atoms with Gasteiger partial charge in [-0.3, -0.25) is 19.2 Å². The third kappa shape index (κ3) is 27.5. The Balaban J connectivity index is 2.18. The summed E-state index contributed by atoms with van der Waals surface area (Å²) >= 11 is 0. The predicted octanol–water partition coefficient (Wildman–Crippen LogP) is 15.4. The largest absolute Gasteiger partial charge is 0.466 e. The lowest BCUT2D eigenvalue weighted by Gasteiger charge is -2.32. The molecule has 0 aliphatic heterocycles. The van der Waals surface area contributed by atoms with Gasteiger partial charge in [-0.05, 0) is 61.5 Å². The number of carbonyl (C=O) groups is 4. The first kappa shape index (κ1) is 53.8. The van der Waals surface area contributed by atoms with E-state index in [2.05, 4.69) is 13.8 Å². The van der Waals surface area contributed by atoms with E-state index in [9.17, 15) is 19.2 Å². The number of ketones is 2. The second-order valence-electron chi connectivity index (χ2n) is 19.0. The number of hydrogen-bond acceptors (Lipinski definition) is 6. The molecule has 0 heterocycles. The van der Waals surface area contributed by atoms with Crippen LogP contribution in [0.4, 0.5) is 0 Å². The SMILES string of the molecule is CCCCCCCCCCCCCCCCOC(=O)CCCC(C)(C)C1=CC(=O)C(C(C)(C)CCCC(=O)OCCCCCCCCCCCCCCCC)=CC1=O. The van der Waals surface area contributed by atoms with Gasteiger partial charge in [-0.2, -0.15) is 0 Å². The van der Waals surface area contributed by atoms with Crippen molar-refractivity contribution in [3.8, 4) is 0 Å². The van der Waals surface area contributed by atoms with Gasteiger partial charge in [-0.15, -0.1) is 0 Å². The molecule has 6 nitrogen and oxygen atoms in total. The maximum absolute atomic E-state index is 13.3. The highest BCUT2D eigenvalue weighted by Crippen LogP contribution is 2.40. The third-order valence-electron chi connectivity index (χ3n) is 12.4. The van der Waals surface area contributed by atoms with Crippen LogP contribution in [-0.4, -0.2) is 36.7 Å². The van der Waals surface area contributed by atoms with E-state index in [0.29, 0.717) is 62.9 Å². The second-order valence-corrected chi connectivity index (χ2v) is 19.0. The van der Waals surface area contributed by atoms with E-state index >= 15 is 0 Å². The number of carbonyl (C=O) groups excluding carboxylic acids is 4. The van der Waals surface area contributed by atoms with Crippen molar-refractivity contribution >= 4 is 23.5 Å². The number of esters is 2. The molecule has 6 heteroatoms. The molecule has 1 rings (SSSR count). The maximum Gasteiger partial charge on any atom is 0.305 e. The summed E-state index contributed by atoms with van der Waals surface area (Å²) in [7, 11) is 0. The van der Waals surface area contributed by atoms with Gasteiger partial charge in [0.2, 0.25) is 0 Å². The Morgan fingerprint density at radius 3 is 0.897 bits per heavy atom. The smallest absolute Gasteiger partial charge is 0.305 e. The van der Waals surface area contributed by atoms with Gasteiger partial charge in [0, 0.05) is 24.0 Å².